The number of carbonyl (C=O) groups is 1. The van der Waals surface area contributed by atoms with Gasteiger partial charge in [0, 0.05) is 38.1 Å². The number of hydrogen-bond acceptors (Lipinski definition) is 5. The molecular weight excluding hydrogens is 352 g/mol. The summed E-state index contributed by atoms with van der Waals surface area (Å²) in [6.45, 7) is 6.36. The van der Waals surface area contributed by atoms with Gasteiger partial charge < -0.3 is 9.30 Å². The Labute approximate surface area is 153 Å². The van der Waals surface area contributed by atoms with Crippen molar-refractivity contribution in [2.24, 2.45) is 5.92 Å². The molecule has 7 nitrogen and oxygen atoms in total. The molecule has 0 saturated carbocycles. The maximum Gasteiger partial charge on any atom is 0.274 e. The van der Waals surface area contributed by atoms with E-state index in [0.717, 1.165) is 6.54 Å². The smallest absolute Gasteiger partial charge is 0.274 e. The molecule has 0 aliphatic carbocycles. The summed E-state index contributed by atoms with van der Waals surface area (Å²) in [6.07, 6.45) is 3.57. The first-order valence-corrected chi connectivity index (χ1v) is 10.9. The van der Waals surface area contributed by atoms with Gasteiger partial charge in [-0.25, -0.2) is 13.4 Å². The van der Waals surface area contributed by atoms with Crippen LogP contribution in [0, 0.1) is 5.92 Å². The Morgan fingerprint density at radius 1 is 1.23 bits per heavy atom. The van der Waals surface area contributed by atoms with Crippen molar-refractivity contribution in [1.29, 1.82) is 0 Å². The molecule has 1 amide bonds. The molecule has 0 aromatic carbocycles. The van der Waals surface area contributed by atoms with Gasteiger partial charge in [-0.1, -0.05) is 19.9 Å². The van der Waals surface area contributed by atoms with Gasteiger partial charge in [0.2, 0.25) is 0 Å². The van der Waals surface area contributed by atoms with Crippen LogP contribution in [0.4, 0.5) is 0 Å². The van der Waals surface area contributed by atoms with Gasteiger partial charge in [0.25, 0.3) is 5.91 Å². The van der Waals surface area contributed by atoms with E-state index in [-0.39, 0.29) is 29.5 Å². The highest BCUT2D eigenvalue weighted by Gasteiger charge is 2.48. The van der Waals surface area contributed by atoms with Gasteiger partial charge in [-0.3, -0.25) is 9.69 Å². The highest BCUT2D eigenvalue weighted by Crippen LogP contribution is 2.28. The van der Waals surface area contributed by atoms with Gasteiger partial charge in [0.05, 0.1) is 17.5 Å². The second-order valence-electron chi connectivity index (χ2n) is 7.69. The van der Waals surface area contributed by atoms with E-state index in [9.17, 15) is 13.2 Å². The summed E-state index contributed by atoms with van der Waals surface area (Å²) >= 11 is 0. The quantitative estimate of drug-likeness (QED) is 0.796. The Morgan fingerprint density at radius 3 is 2.73 bits per heavy atom. The van der Waals surface area contributed by atoms with E-state index in [0.29, 0.717) is 30.3 Å². The van der Waals surface area contributed by atoms with Crippen molar-refractivity contribution >= 4 is 21.4 Å². The lowest BCUT2D eigenvalue weighted by atomic mass is 10.0. The minimum absolute atomic E-state index is 0.0470. The molecule has 26 heavy (non-hydrogen) atoms. The van der Waals surface area contributed by atoms with Crippen LogP contribution in [0.5, 0.6) is 0 Å². The van der Waals surface area contributed by atoms with Crippen molar-refractivity contribution in [3.63, 3.8) is 0 Å². The minimum Gasteiger partial charge on any atom is -0.330 e. The van der Waals surface area contributed by atoms with Crippen LogP contribution in [0.15, 0.2) is 30.6 Å². The second-order valence-corrected chi connectivity index (χ2v) is 9.84. The molecule has 2 atom stereocenters. The van der Waals surface area contributed by atoms with Crippen LogP contribution in [-0.2, 0) is 9.84 Å². The Bertz CT molecular complexity index is 904. The fraction of sp³-hybridized carbons (Fsp3) is 0.556. The molecule has 2 fully saturated rings. The Hall–Kier alpha value is -1.93. The van der Waals surface area contributed by atoms with Gasteiger partial charge in [0.15, 0.2) is 9.84 Å². The number of hydrogen-bond donors (Lipinski definition) is 0. The summed E-state index contributed by atoms with van der Waals surface area (Å²) in [6, 6.07) is 5.20. The number of aromatic nitrogens is 2. The van der Waals surface area contributed by atoms with Crippen molar-refractivity contribution in [3.8, 4) is 0 Å². The monoisotopic (exact) mass is 376 g/mol. The number of fused-ring (bicyclic) bond motifs is 2. The number of amides is 1. The third kappa shape index (κ3) is 3.12. The third-order valence-corrected chi connectivity index (χ3v) is 6.93. The molecule has 2 unspecified atom stereocenters. The topological polar surface area (TPSA) is 75.0 Å². The van der Waals surface area contributed by atoms with Crippen molar-refractivity contribution in [2.75, 3.05) is 31.1 Å². The molecule has 2 aliphatic heterocycles. The molecule has 8 heteroatoms. The van der Waals surface area contributed by atoms with Crippen LogP contribution >= 0.6 is 0 Å². The van der Waals surface area contributed by atoms with Gasteiger partial charge in [0.1, 0.15) is 11.3 Å². The number of piperazine rings is 1. The predicted molar refractivity (Wildman–Crippen MR) is 98.9 cm³/mol. The van der Waals surface area contributed by atoms with Gasteiger partial charge in [-0.05, 0) is 18.1 Å². The van der Waals surface area contributed by atoms with Crippen molar-refractivity contribution < 1.29 is 13.2 Å². The SMILES string of the molecule is CC(C)CN1CCN(C(=O)c2cn3ccccc3n2)C2CS(=O)(=O)CC21. The minimum atomic E-state index is -3.13. The van der Waals surface area contributed by atoms with Gasteiger partial charge in [-0.2, -0.15) is 0 Å². The van der Waals surface area contributed by atoms with E-state index in [1.54, 1.807) is 11.1 Å². The normalized spacial score (nSPS) is 25.7. The molecule has 0 bridgehead atoms. The number of sulfone groups is 1. The summed E-state index contributed by atoms with van der Waals surface area (Å²) < 4.78 is 26.4. The summed E-state index contributed by atoms with van der Waals surface area (Å²) in [7, 11) is -3.13. The van der Waals surface area contributed by atoms with Crippen LogP contribution in [0.2, 0.25) is 0 Å². The van der Waals surface area contributed by atoms with Crippen LogP contribution in [0.1, 0.15) is 24.3 Å². The number of imidazole rings is 1. The standard InChI is InChI=1S/C18H24N4O3S/c1-13(2)9-20-7-8-22(16-12-26(24,25)11-15(16)20)18(23)14-10-21-6-4-3-5-17(21)19-14/h3-6,10,13,15-16H,7-9,11-12H2,1-2H3. The maximum atomic E-state index is 13.1. The van der Waals surface area contributed by atoms with Crippen LogP contribution in [0.3, 0.4) is 0 Å². The Balaban J connectivity index is 1.63. The highest BCUT2D eigenvalue weighted by molar-refractivity contribution is 7.91. The van der Waals surface area contributed by atoms with Crippen LogP contribution in [-0.4, -0.2) is 76.7 Å². The molecule has 0 radical (unpaired) electrons. The number of rotatable bonds is 3. The molecular formula is C18H24N4O3S. The number of nitrogens with zero attached hydrogens (tertiary/aromatic N) is 4. The van der Waals surface area contributed by atoms with E-state index in [1.165, 1.54) is 0 Å². The van der Waals surface area contributed by atoms with Crippen molar-refractivity contribution in [1.82, 2.24) is 19.2 Å². The first-order valence-electron chi connectivity index (χ1n) is 9.03. The lowest BCUT2D eigenvalue weighted by Crippen LogP contribution is -2.61. The third-order valence-electron chi connectivity index (χ3n) is 5.23. The Morgan fingerprint density at radius 2 is 2.00 bits per heavy atom. The van der Waals surface area contributed by atoms with E-state index in [4.69, 9.17) is 0 Å². The molecule has 2 saturated heterocycles. The zero-order valence-electron chi connectivity index (χ0n) is 15.1. The molecule has 2 aliphatic rings. The molecule has 4 heterocycles. The Kier molecular flexibility index (Phi) is 4.27. The largest absolute Gasteiger partial charge is 0.330 e. The van der Waals surface area contributed by atoms with E-state index >= 15 is 0 Å². The second kappa shape index (κ2) is 6.35. The maximum absolute atomic E-state index is 13.1. The molecule has 2 aromatic heterocycles. The first kappa shape index (κ1) is 17.5. The number of carbonyl (C=O) groups excluding carboxylic acids is 1. The van der Waals surface area contributed by atoms with E-state index in [1.807, 2.05) is 28.8 Å². The van der Waals surface area contributed by atoms with Gasteiger partial charge in [-0.15, -0.1) is 0 Å². The van der Waals surface area contributed by atoms with E-state index < -0.39 is 9.84 Å². The average molecular weight is 376 g/mol. The van der Waals surface area contributed by atoms with E-state index in [2.05, 4.69) is 23.7 Å². The predicted octanol–water partition coefficient (Wildman–Crippen LogP) is 0.914. The summed E-state index contributed by atoms with van der Waals surface area (Å²) in [4.78, 5) is 21.5. The zero-order chi connectivity index (χ0) is 18.5. The molecule has 0 spiro atoms. The molecule has 4 rings (SSSR count). The zero-order valence-corrected chi connectivity index (χ0v) is 15.9. The highest BCUT2D eigenvalue weighted by atomic mass is 32.2. The summed E-state index contributed by atoms with van der Waals surface area (Å²) in [5.74, 6) is 0.467. The van der Waals surface area contributed by atoms with Crippen LogP contribution < -0.4 is 0 Å². The fourth-order valence-corrected chi connectivity index (χ4v) is 6.17. The van der Waals surface area contributed by atoms with Gasteiger partial charge >= 0.3 is 0 Å². The summed E-state index contributed by atoms with van der Waals surface area (Å²) in [5.41, 5.74) is 1.08. The number of pyridine rings is 1. The summed E-state index contributed by atoms with van der Waals surface area (Å²) in [5, 5.41) is 0. The lowest BCUT2D eigenvalue weighted by molar-refractivity contribution is 0.0293. The first-order chi connectivity index (χ1) is 12.3. The molecule has 140 valence electrons. The molecule has 2 aromatic rings. The van der Waals surface area contributed by atoms with Crippen molar-refractivity contribution in [3.05, 3.63) is 36.3 Å². The van der Waals surface area contributed by atoms with Crippen LogP contribution in [0.25, 0.3) is 5.65 Å². The fourth-order valence-electron chi connectivity index (χ4n) is 4.16. The lowest BCUT2D eigenvalue weighted by Gasteiger charge is -2.44. The molecule has 0 N–H and O–H groups in total. The average Bonchev–Trinajstić information content (AvgIpc) is 3.14. The van der Waals surface area contributed by atoms with Crippen molar-refractivity contribution in [2.45, 2.75) is 25.9 Å².